The number of amides is 6. The van der Waals surface area contributed by atoms with Gasteiger partial charge in [0.05, 0.1) is 99.6 Å². The lowest BCUT2D eigenvalue weighted by molar-refractivity contribution is -0.129. The number of halogens is 4. The predicted molar refractivity (Wildman–Crippen MR) is 446 cm³/mol. The van der Waals surface area contributed by atoms with Gasteiger partial charge in [0.1, 0.15) is 41.5 Å². The number of carboxylic acids is 1. The van der Waals surface area contributed by atoms with Crippen LogP contribution in [0.25, 0.3) is 0 Å². The predicted octanol–water partition coefficient (Wildman–Crippen LogP) is 9.37. The van der Waals surface area contributed by atoms with Gasteiger partial charge in [-0.2, -0.15) is 15.8 Å². The first-order valence-electron chi connectivity index (χ1n) is 40.4. The van der Waals surface area contributed by atoms with E-state index in [1.165, 1.54) is 53.4 Å². The molecule has 5 aromatic rings. The largest absolute Gasteiger partial charge is 0.478 e. The summed E-state index contributed by atoms with van der Waals surface area (Å²) in [4.78, 5) is 137. The third kappa shape index (κ3) is 25.4. The molecule has 6 aliphatic heterocycles. The minimum absolute atomic E-state index is 0.00409. The van der Waals surface area contributed by atoms with Gasteiger partial charge in [-0.05, 0) is 158 Å². The molecule has 2 aromatic carbocycles. The summed E-state index contributed by atoms with van der Waals surface area (Å²) in [5, 5.41) is 39.8. The fraction of sp³-hybridized carbons (Fsp3) is 0.524. The molecule has 0 bridgehead atoms. The summed E-state index contributed by atoms with van der Waals surface area (Å²) in [6.07, 6.45) is 8.27. The summed E-state index contributed by atoms with van der Waals surface area (Å²) < 4.78 is 107. The molecule has 0 atom stereocenters. The van der Waals surface area contributed by atoms with Gasteiger partial charge in [-0.3, -0.25) is 42.9 Å². The number of carbonyl (C=O) groups excluding carboxylic acids is 8. The van der Waals surface area contributed by atoms with E-state index in [2.05, 4.69) is 38.5 Å². The van der Waals surface area contributed by atoms with E-state index in [9.17, 15) is 93.7 Å². The fourth-order valence-electron chi connectivity index (χ4n) is 15.6. The lowest BCUT2D eigenvalue weighted by Crippen LogP contribution is -2.44. The Kier molecular flexibility index (Phi) is 32.1. The molecule has 12 rings (SSSR count). The number of aromatic nitrogens is 3. The number of benzene rings is 2. The topological polar surface area (TPSA) is 460 Å². The van der Waals surface area contributed by atoms with Crippen molar-refractivity contribution >= 4 is 136 Å². The Morgan fingerprint density at radius 2 is 0.828 bits per heavy atom. The van der Waals surface area contributed by atoms with Crippen molar-refractivity contribution in [3.63, 3.8) is 0 Å². The number of rotatable bonds is 26. The number of hydrogen-bond acceptors (Lipinski definition) is 26. The van der Waals surface area contributed by atoms with Crippen LogP contribution in [0.15, 0.2) is 54.6 Å². The van der Waals surface area contributed by atoms with Crippen molar-refractivity contribution in [2.45, 2.75) is 181 Å². The van der Waals surface area contributed by atoms with Gasteiger partial charge < -0.3 is 44.0 Å². The number of nitrogens with zero attached hydrogens (tertiary/aromatic N) is 12. The van der Waals surface area contributed by atoms with Gasteiger partial charge in [0.2, 0.25) is 65.5 Å². The number of ether oxygens (including phenoxy) is 2. The lowest BCUT2D eigenvalue weighted by atomic mass is 9.84. The number of nitrogens with one attached hydrogen (secondary N) is 3. The highest BCUT2D eigenvalue weighted by molar-refractivity contribution is 7.90. The van der Waals surface area contributed by atoms with Crippen molar-refractivity contribution in [2.75, 3.05) is 79.4 Å². The number of aromatic carboxylic acids is 1. The van der Waals surface area contributed by atoms with E-state index in [1.807, 2.05) is 20.6 Å². The molecule has 3 aromatic heterocycles. The zero-order valence-corrected chi connectivity index (χ0v) is 72.9. The van der Waals surface area contributed by atoms with Crippen molar-refractivity contribution in [3.05, 3.63) is 137 Å². The number of likely N-dealkylation sites (tertiary alicyclic amines) is 3. The van der Waals surface area contributed by atoms with Crippen molar-refractivity contribution < 1.29 is 87.4 Å². The Balaban J connectivity index is 0.000000192. The highest BCUT2D eigenvalue weighted by Crippen LogP contribution is 2.35. The second kappa shape index (κ2) is 41.7. The molecule has 0 spiro atoms. The second-order valence-corrected chi connectivity index (χ2v) is 38.4. The summed E-state index contributed by atoms with van der Waals surface area (Å²) in [6, 6.07) is 18.4. The first-order chi connectivity index (χ1) is 57.8. The second-order valence-electron chi connectivity index (χ2n) is 31.9. The molecule has 6 amide bonds. The van der Waals surface area contributed by atoms with Crippen LogP contribution in [0.1, 0.15) is 213 Å². The Hall–Kier alpha value is -10.4. The number of piperidine rings is 3. The molecule has 9 heterocycles. The minimum atomic E-state index is -4.17. The zero-order chi connectivity index (χ0) is 88.7. The van der Waals surface area contributed by atoms with Gasteiger partial charge in [-0.25, -0.2) is 59.0 Å². The van der Waals surface area contributed by atoms with E-state index in [0.29, 0.717) is 143 Å². The summed E-state index contributed by atoms with van der Waals surface area (Å²) in [7, 11) is -11.9. The molecular weight excluding hydrogens is 1700 g/mol. The van der Waals surface area contributed by atoms with Gasteiger partial charge in [-0.15, -0.1) is 0 Å². The molecule has 0 unspecified atom stereocenters. The number of esters is 2. The molecule has 0 radical (unpaired) electrons. The van der Waals surface area contributed by atoms with Gasteiger partial charge in [0, 0.05) is 117 Å². The van der Waals surface area contributed by atoms with Gasteiger partial charge in [0.25, 0.3) is 0 Å². The monoisotopic (exact) mass is 1800 g/mol. The number of nitriles is 3. The van der Waals surface area contributed by atoms with Crippen LogP contribution in [-0.2, 0) is 99.5 Å². The first-order valence-corrected chi connectivity index (χ1v) is 46.4. The third-order valence-electron chi connectivity index (χ3n) is 22.1. The Morgan fingerprint density at radius 1 is 0.492 bits per heavy atom. The molecule has 7 fully saturated rings. The summed E-state index contributed by atoms with van der Waals surface area (Å²) in [5.74, 6) is -6.51. The summed E-state index contributed by atoms with van der Waals surface area (Å²) in [6.45, 7) is 12.8. The number of sulfonamides is 3. The number of carbonyl (C=O) groups is 9. The minimum Gasteiger partial charge on any atom is -0.478 e. The maximum Gasteiger partial charge on any atom is 0.340 e. The SMILES string of the molecule is CC(C)OC(=O)c1cc(C#N)c(N2CCC(C(=O)NS(=O)(=O)Cc3ccc(Cl)cc3Cl)CC2)nc1CN1CCCC1=O.CC1CCC(CS(=O)(=O)NC(=O)C2CCN(c3nc(CN4CCCC4=O)c(C(=O)OC(C)C)cc3C#N)CC2)CC1.N#Cc1cc(C(=O)O)c(CN2CCCC2=O)nc1N1CCC(C(=O)NS(=O)(=O)Cc2ccc(Cl)cc2F)CC1. The van der Waals surface area contributed by atoms with Crippen molar-refractivity contribution in [1.29, 1.82) is 15.8 Å². The Labute approximate surface area is 723 Å². The van der Waals surface area contributed by atoms with Crippen LogP contribution in [0.5, 0.6) is 0 Å². The highest BCUT2D eigenvalue weighted by Gasteiger charge is 2.38. The van der Waals surface area contributed by atoms with E-state index >= 15 is 0 Å². The van der Waals surface area contributed by atoms with E-state index < -0.39 is 101 Å². The van der Waals surface area contributed by atoms with Gasteiger partial charge in [-0.1, -0.05) is 66.7 Å². The van der Waals surface area contributed by atoms with Crippen molar-refractivity contribution in [3.8, 4) is 18.2 Å². The van der Waals surface area contributed by atoms with E-state index in [1.54, 1.807) is 42.4 Å². The number of anilines is 3. The van der Waals surface area contributed by atoms with Crippen LogP contribution in [0.2, 0.25) is 15.1 Å². The first kappa shape index (κ1) is 93.9. The lowest BCUT2D eigenvalue weighted by Gasteiger charge is -2.33. The molecule has 7 aliphatic rings. The number of pyridine rings is 3. The fourth-order valence-corrected chi connectivity index (χ4v) is 20.2. The van der Waals surface area contributed by atoms with E-state index in [-0.39, 0.29) is 148 Å². The summed E-state index contributed by atoms with van der Waals surface area (Å²) >= 11 is 17.7. The van der Waals surface area contributed by atoms with Crippen molar-refractivity contribution in [1.82, 2.24) is 43.8 Å². The molecule has 40 heteroatoms. The normalized spacial score (nSPS) is 18.1. The quantitative estimate of drug-likeness (QED) is 0.0374. The van der Waals surface area contributed by atoms with Gasteiger partial charge >= 0.3 is 17.9 Å². The maximum absolute atomic E-state index is 14.0. The van der Waals surface area contributed by atoms with E-state index in [4.69, 9.17) is 49.3 Å². The van der Waals surface area contributed by atoms with Crippen LogP contribution >= 0.6 is 34.8 Å². The zero-order valence-electron chi connectivity index (χ0n) is 68.1. The summed E-state index contributed by atoms with van der Waals surface area (Å²) in [5.41, 5.74) is 1.57. The number of hydrogen-bond donors (Lipinski definition) is 4. The van der Waals surface area contributed by atoms with E-state index in [0.717, 1.165) is 38.2 Å². The van der Waals surface area contributed by atoms with Crippen LogP contribution < -0.4 is 28.9 Å². The van der Waals surface area contributed by atoms with Crippen LogP contribution in [0.3, 0.4) is 0 Å². The molecule has 654 valence electrons. The molecule has 1 aliphatic carbocycles. The molecular formula is C82H97Cl3FN15O18S3. The molecule has 1 saturated carbocycles. The number of carboxylic acid groups (broad SMARTS) is 1. The highest BCUT2D eigenvalue weighted by atomic mass is 35.5. The smallest absolute Gasteiger partial charge is 0.340 e. The van der Waals surface area contributed by atoms with Crippen LogP contribution in [-0.4, -0.2) is 190 Å². The van der Waals surface area contributed by atoms with Crippen LogP contribution in [0.4, 0.5) is 21.8 Å². The average Bonchev–Trinajstić information content (AvgIpc) is 1.04. The third-order valence-corrected chi connectivity index (χ3v) is 26.7. The maximum atomic E-state index is 14.0. The standard InChI is InChI=1S/C29H41N5O6S.C28H31Cl2N5O6S.C25H25ClFN5O6S/c1-19(2)40-29(37)24-15-23(16-30)27(31-25(24)17-34-12-4-5-26(34)35)33-13-10-22(11-14-33)28(36)32-41(38,39)18-21-8-6-20(3)7-9-21;1-17(2)41-28(38)22-12-20(14-31)26(32-24(22)15-35-9-3-4-25(35)36)34-10-7-18(8-11-34)27(37)33-42(39,40)16-19-5-6-21(29)13-23(19)30;26-18-4-3-16(20(27)11-18)14-39(37,38)30-24(34)15-5-8-31(9-6-15)23-17(12-28)10-19(25(35)36)21(29-23)13-32-7-1-2-22(32)33/h15,19-22H,4-14,17-18H2,1-3H3,(H,32,36);5-6,12-13,17-18H,3-4,7-11,15-16H2,1-2H3,(H,33,37);3-4,10-11,15H,1-2,5-9,13-14H2,(H,30,34)(H,35,36). The Morgan fingerprint density at radius 3 is 1.16 bits per heavy atom. The molecule has 4 N–H and O–H groups in total. The molecule has 33 nitrogen and oxygen atoms in total. The average molecular weight is 1800 g/mol. The molecule has 6 saturated heterocycles. The van der Waals surface area contributed by atoms with Gasteiger partial charge in [0.15, 0.2) is 0 Å². The van der Waals surface area contributed by atoms with Crippen LogP contribution in [0, 0.1) is 69.4 Å². The Bertz CT molecular complexity index is 5330. The molecule has 122 heavy (non-hydrogen) atoms. The van der Waals surface area contributed by atoms with Crippen molar-refractivity contribution in [2.24, 2.45) is 29.6 Å².